The number of carbonyl (C=O) groups is 2. The lowest BCUT2D eigenvalue weighted by molar-refractivity contribution is -0.126. The van der Waals surface area contributed by atoms with Crippen molar-refractivity contribution in [2.75, 3.05) is 19.6 Å². The van der Waals surface area contributed by atoms with Crippen LogP contribution >= 0.6 is 0 Å². The van der Waals surface area contributed by atoms with Gasteiger partial charge in [-0.15, -0.1) is 0 Å². The van der Waals surface area contributed by atoms with Gasteiger partial charge in [0.25, 0.3) is 5.91 Å². The van der Waals surface area contributed by atoms with Crippen LogP contribution in [0.25, 0.3) is 11.3 Å². The largest absolute Gasteiger partial charge is 0.356 e. The molecule has 4 rings (SSSR count). The lowest BCUT2D eigenvalue weighted by atomic mass is 9.95. The lowest BCUT2D eigenvalue weighted by Gasteiger charge is -2.31. The first-order valence-corrected chi connectivity index (χ1v) is 11.7. The molecule has 33 heavy (non-hydrogen) atoms. The number of carbonyl (C=O) groups excluding carboxylic acids is 2. The van der Waals surface area contributed by atoms with Gasteiger partial charge in [-0.05, 0) is 56.4 Å². The molecule has 0 atom stereocenters. The van der Waals surface area contributed by atoms with Crippen molar-refractivity contribution in [1.29, 1.82) is 0 Å². The highest BCUT2D eigenvalue weighted by atomic mass is 16.2. The van der Waals surface area contributed by atoms with Gasteiger partial charge in [-0.25, -0.2) is 0 Å². The molecule has 0 radical (unpaired) electrons. The number of amides is 2. The minimum atomic E-state index is -0.0194. The van der Waals surface area contributed by atoms with E-state index in [4.69, 9.17) is 5.10 Å². The van der Waals surface area contributed by atoms with Crippen LogP contribution in [0.5, 0.6) is 0 Å². The highest BCUT2D eigenvalue weighted by Gasteiger charge is 2.30. The Labute approximate surface area is 195 Å². The zero-order chi connectivity index (χ0) is 23.4. The topological polar surface area (TPSA) is 67.2 Å². The van der Waals surface area contributed by atoms with E-state index in [2.05, 4.69) is 43.4 Å². The number of hydrogen-bond donors (Lipinski definition) is 1. The first kappa shape index (κ1) is 22.8. The number of rotatable bonds is 6. The van der Waals surface area contributed by atoms with Crippen LogP contribution in [0.15, 0.2) is 54.7 Å². The van der Waals surface area contributed by atoms with Gasteiger partial charge in [0.05, 0.1) is 12.1 Å². The third-order valence-corrected chi connectivity index (χ3v) is 6.46. The van der Waals surface area contributed by atoms with E-state index >= 15 is 0 Å². The molecule has 0 aliphatic carbocycles. The molecule has 6 nitrogen and oxygen atoms in total. The molecule has 1 N–H and O–H groups in total. The summed E-state index contributed by atoms with van der Waals surface area (Å²) in [7, 11) is 0. The second-order valence-electron chi connectivity index (χ2n) is 8.83. The van der Waals surface area contributed by atoms with Crippen molar-refractivity contribution in [3.8, 4) is 11.3 Å². The van der Waals surface area contributed by atoms with Crippen LogP contribution in [-0.2, 0) is 11.3 Å². The molecule has 172 valence electrons. The molecule has 1 saturated heterocycles. The van der Waals surface area contributed by atoms with Gasteiger partial charge in [-0.1, -0.05) is 42.5 Å². The Morgan fingerprint density at radius 2 is 1.76 bits per heavy atom. The van der Waals surface area contributed by atoms with Crippen LogP contribution in [0, 0.1) is 19.8 Å². The molecule has 1 aliphatic rings. The minimum absolute atomic E-state index is 0.0168. The van der Waals surface area contributed by atoms with Gasteiger partial charge >= 0.3 is 0 Å². The number of likely N-dealkylation sites (tertiary alicyclic amines) is 1. The lowest BCUT2D eigenvalue weighted by Crippen LogP contribution is -2.43. The maximum atomic E-state index is 13.6. The molecule has 2 aromatic carbocycles. The van der Waals surface area contributed by atoms with Crippen molar-refractivity contribution in [1.82, 2.24) is 20.0 Å². The van der Waals surface area contributed by atoms with Crippen LogP contribution in [-0.4, -0.2) is 46.1 Å². The van der Waals surface area contributed by atoms with E-state index in [1.807, 2.05) is 47.0 Å². The van der Waals surface area contributed by atoms with Gasteiger partial charge < -0.3 is 10.2 Å². The molecular formula is C27H32N4O2. The van der Waals surface area contributed by atoms with Crippen molar-refractivity contribution in [3.05, 3.63) is 77.0 Å². The number of aromatic nitrogens is 2. The van der Waals surface area contributed by atoms with Gasteiger partial charge in [0.1, 0.15) is 5.69 Å². The van der Waals surface area contributed by atoms with Gasteiger partial charge in [0.2, 0.25) is 5.91 Å². The summed E-state index contributed by atoms with van der Waals surface area (Å²) < 4.78 is 1.86. The Hall–Kier alpha value is -3.41. The zero-order valence-corrected chi connectivity index (χ0v) is 19.7. The summed E-state index contributed by atoms with van der Waals surface area (Å²) in [4.78, 5) is 27.6. The van der Waals surface area contributed by atoms with Crippen molar-refractivity contribution < 1.29 is 9.59 Å². The molecule has 3 aromatic rings. The van der Waals surface area contributed by atoms with E-state index in [0.29, 0.717) is 50.3 Å². The molecule has 0 spiro atoms. The van der Waals surface area contributed by atoms with E-state index < -0.39 is 0 Å². The van der Waals surface area contributed by atoms with Crippen LogP contribution in [0.3, 0.4) is 0 Å². The Morgan fingerprint density at radius 1 is 1.03 bits per heavy atom. The number of aryl methyl sites for hydroxylation is 2. The number of nitrogens with zero attached hydrogens (tertiary/aromatic N) is 3. The predicted molar refractivity (Wildman–Crippen MR) is 130 cm³/mol. The molecule has 1 fully saturated rings. The highest BCUT2D eigenvalue weighted by molar-refractivity contribution is 6.00. The van der Waals surface area contributed by atoms with E-state index in [1.54, 1.807) is 0 Å². The molecular weight excluding hydrogens is 412 g/mol. The first-order chi connectivity index (χ1) is 16.0. The summed E-state index contributed by atoms with van der Waals surface area (Å²) in [6.07, 6.45) is 3.25. The molecule has 0 saturated carbocycles. The Kier molecular flexibility index (Phi) is 6.92. The smallest absolute Gasteiger partial charge is 0.257 e. The van der Waals surface area contributed by atoms with E-state index in [9.17, 15) is 9.59 Å². The van der Waals surface area contributed by atoms with Crippen molar-refractivity contribution in [3.63, 3.8) is 0 Å². The van der Waals surface area contributed by atoms with Crippen LogP contribution in [0.2, 0.25) is 0 Å². The minimum Gasteiger partial charge on any atom is -0.356 e. The van der Waals surface area contributed by atoms with Gasteiger partial charge in [0.15, 0.2) is 0 Å². The fourth-order valence-corrected chi connectivity index (χ4v) is 4.36. The van der Waals surface area contributed by atoms with E-state index in [-0.39, 0.29) is 17.7 Å². The highest BCUT2D eigenvalue weighted by Crippen LogP contribution is 2.27. The molecule has 2 heterocycles. The standard InChI is InChI=1S/C27H32N4O2/c1-4-28-26(32)22-12-14-30(15-13-22)27(33)24-18-31(17-21-8-6-5-7-9-21)29-25(24)23-11-10-19(2)20(3)16-23/h5-11,16,18,22H,4,12-15,17H2,1-3H3,(H,28,32). The fourth-order valence-electron chi connectivity index (χ4n) is 4.36. The second-order valence-corrected chi connectivity index (χ2v) is 8.83. The Morgan fingerprint density at radius 3 is 2.42 bits per heavy atom. The SMILES string of the molecule is CCNC(=O)C1CCN(C(=O)c2cn(Cc3ccccc3)nc2-c2ccc(C)c(C)c2)CC1. The number of piperidine rings is 1. The summed E-state index contributed by atoms with van der Waals surface area (Å²) in [6, 6.07) is 16.3. The molecule has 2 amide bonds. The average molecular weight is 445 g/mol. The quantitative estimate of drug-likeness (QED) is 0.620. The predicted octanol–water partition coefficient (Wildman–Crippen LogP) is 4.20. The van der Waals surface area contributed by atoms with Crippen LogP contribution in [0.1, 0.15) is 46.8 Å². The molecule has 1 aliphatic heterocycles. The zero-order valence-electron chi connectivity index (χ0n) is 19.7. The van der Waals surface area contributed by atoms with E-state index in [1.165, 1.54) is 11.1 Å². The Bertz CT molecular complexity index is 1130. The molecule has 6 heteroatoms. The summed E-state index contributed by atoms with van der Waals surface area (Å²) in [5.41, 5.74) is 5.79. The normalized spacial score (nSPS) is 14.3. The van der Waals surface area contributed by atoms with Gasteiger partial charge in [0, 0.05) is 37.3 Å². The Balaban J connectivity index is 1.61. The molecule has 0 bridgehead atoms. The summed E-state index contributed by atoms with van der Waals surface area (Å²) in [5, 5.41) is 7.74. The van der Waals surface area contributed by atoms with Crippen LogP contribution in [0.4, 0.5) is 0 Å². The molecule has 0 unspecified atom stereocenters. The number of nitrogens with one attached hydrogen (secondary N) is 1. The summed E-state index contributed by atoms with van der Waals surface area (Å²) >= 11 is 0. The average Bonchev–Trinajstić information content (AvgIpc) is 3.25. The summed E-state index contributed by atoms with van der Waals surface area (Å²) in [6.45, 7) is 8.49. The first-order valence-electron chi connectivity index (χ1n) is 11.7. The second kappa shape index (κ2) is 10.0. The third-order valence-electron chi connectivity index (χ3n) is 6.46. The molecule has 1 aromatic heterocycles. The fraction of sp³-hybridized carbons (Fsp3) is 0.370. The van der Waals surface area contributed by atoms with Crippen LogP contribution < -0.4 is 5.32 Å². The van der Waals surface area contributed by atoms with Gasteiger partial charge in [-0.2, -0.15) is 5.10 Å². The van der Waals surface area contributed by atoms with Crippen molar-refractivity contribution >= 4 is 11.8 Å². The monoisotopic (exact) mass is 444 g/mol. The third kappa shape index (κ3) is 5.16. The maximum absolute atomic E-state index is 13.6. The van der Waals surface area contributed by atoms with Crippen molar-refractivity contribution in [2.24, 2.45) is 5.92 Å². The summed E-state index contributed by atoms with van der Waals surface area (Å²) in [5.74, 6) is 0.0574. The van der Waals surface area contributed by atoms with Crippen molar-refractivity contribution in [2.45, 2.75) is 40.2 Å². The van der Waals surface area contributed by atoms with Gasteiger partial charge in [-0.3, -0.25) is 14.3 Å². The maximum Gasteiger partial charge on any atom is 0.257 e. The number of benzene rings is 2. The van der Waals surface area contributed by atoms with E-state index in [0.717, 1.165) is 11.1 Å². The number of hydrogen-bond acceptors (Lipinski definition) is 3.